The summed E-state index contributed by atoms with van der Waals surface area (Å²) in [6.45, 7) is 2.89. The number of carboxylic acid groups (broad SMARTS) is 1. The second-order valence-electron chi connectivity index (χ2n) is 3.86. The number of phenols is 1. The fourth-order valence-electron chi connectivity index (χ4n) is 1.36. The zero-order valence-electron chi connectivity index (χ0n) is 10.8. The fourth-order valence-corrected chi connectivity index (χ4v) is 2.39. The molecule has 2 rings (SSSR count). The van der Waals surface area contributed by atoms with Gasteiger partial charge in [-0.05, 0) is 30.2 Å². The number of hydrogen-bond acceptors (Lipinski definition) is 5. The van der Waals surface area contributed by atoms with E-state index in [9.17, 15) is 9.90 Å². The molecule has 0 radical (unpaired) electrons. The first-order valence-corrected chi connectivity index (χ1v) is 6.76. The Balaban J connectivity index is 0.000000444. The average molecular weight is 311 g/mol. The van der Waals surface area contributed by atoms with Gasteiger partial charge >= 0.3 is 0 Å². The number of benzene rings is 1. The number of aromatic hydroxyl groups is 1. The minimum absolute atomic E-state index is 0.183. The lowest BCUT2D eigenvalue weighted by molar-refractivity contribution is -0.134. The van der Waals surface area contributed by atoms with Gasteiger partial charge in [-0.1, -0.05) is 36.1 Å². The largest absolute Gasteiger partial charge is 0.508 e. The topological polar surface area (TPSA) is 86.6 Å². The van der Waals surface area contributed by atoms with Gasteiger partial charge in [0.05, 0.1) is 4.91 Å². The number of thioether (sulfide) groups is 1. The van der Waals surface area contributed by atoms with Crippen molar-refractivity contribution in [3.63, 3.8) is 0 Å². The minimum Gasteiger partial charge on any atom is -0.508 e. The molecular weight excluding hydrogens is 298 g/mol. The van der Waals surface area contributed by atoms with Crippen LogP contribution in [-0.4, -0.2) is 26.4 Å². The summed E-state index contributed by atoms with van der Waals surface area (Å²) in [6.07, 6.45) is 1.73. The Bertz CT molecular complexity index is 592. The molecule has 1 aliphatic heterocycles. The van der Waals surface area contributed by atoms with E-state index < -0.39 is 5.97 Å². The maximum atomic E-state index is 11.4. The van der Waals surface area contributed by atoms with Crippen molar-refractivity contribution in [2.24, 2.45) is 0 Å². The van der Waals surface area contributed by atoms with Gasteiger partial charge in [-0.3, -0.25) is 9.59 Å². The van der Waals surface area contributed by atoms with Gasteiger partial charge in [-0.15, -0.1) is 0 Å². The maximum Gasteiger partial charge on any atom is 0.300 e. The summed E-state index contributed by atoms with van der Waals surface area (Å²) in [4.78, 5) is 21.0. The molecule has 0 saturated carbocycles. The van der Waals surface area contributed by atoms with Gasteiger partial charge < -0.3 is 15.5 Å². The van der Waals surface area contributed by atoms with Crippen LogP contribution in [0.5, 0.6) is 5.75 Å². The summed E-state index contributed by atoms with van der Waals surface area (Å²) >= 11 is 6.12. The third-order valence-corrected chi connectivity index (χ3v) is 3.44. The second kappa shape index (κ2) is 7.06. The highest BCUT2D eigenvalue weighted by molar-refractivity contribution is 8.26. The van der Waals surface area contributed by atoms with E-state index in [2.05, 4.69) is 5.32 Å². The highest BCUT2D eigenvalue weighted by Gasteiger charge is 2.22. The van der Waals surface area contributed by atoms with Crippen LogP contribution >= 0.6 is 24.0 Å². The van der Waals surface area contributed by atoms with E-state index in [-0.39, 0.29) is 11.7 Å². The van der Waals surface area contributed by atoms with E-state index in [4.69, 9.17) is 22.1 Å². The quantitative estimate of drug-likeness (QED) is 0.545. The van der Waals surface area contributed by atoms with Crippen LogP contribution in [0.25, 0.3) is 6.08 Å². The Morgan fingerprint density at radius 1 is 1.45 bits per heavy atom. The Morgan fingerprint density at radius 3 is 2.55 bits per heavy atom. The molecule has 0 aromatic heterocycles. The highest BCUT2D eigenvalue weighted by Crippen LogP contribution is 2.28. The van der Waals surface area contributed by atoms with Crippen molar-refractivity contribution in [1.82, 2.24) is 5.32 Å². The lowest BCUT2D eigenvalue weighted by Gasteiger charge is -2.02. The third-order valence-electron chi connectivity index (χ3n) is 2.28. The van der Waals surface area contributed by atoms with Crippen molar-refractivity contribution >= 4 is 46.3 Å². The Kier molecular flexibility index (Phi) is 5.72. The van der Waals surface area contributed by atoms with Gasteiger partial charge in [0.15, 0.2) is 0 Å². The van der Waals surface area contributed by atoms with Crippen molar-refractivity contribution in [3.05, 3.63) is 34.2 Å². The molecule has 5 nitrogen and oxygen atoms in total. The molecule has 1 saturated heterocycles. The predicted octanol–water partition coefficient (Wildman–Crippen LogP) is 2.28. The molecule has 0 bridgehead atoms. The Hall–Kier alpha value is -1.86. The van der Waals surface area contributed by atoms with Gasteiger partial charge in [0.1, 0.15) is 10.1 Å². The normalized spacial score (nSPS) is 15.6. The summed E-state index contributed by atoms with van der Waals surface area (Å²) in [5, 5.41) is 19.5. The first-order valence-electron chi connectivity index (χ1n) is 5.54. The highest BCUT2D eigenvalue weighted by atomic mass is 32.2. The van der Waals surface area contributed by atoms with Gasteiger partial charge in [0.25, 0.3) is 11.9 Å². The third kappa shape index (κ3) is 4.67. The summed E-state index contributed by atoms with van der Waals surface area (Å²) in [5.74, 6) is -0.793. The Labute approximate surface area is 125 Å². The number of aliphatic carboxylic acids is 1. The molecule has 0 aliphatic carbocycles. The fraction of sp³-hybridized carbons (Fsp3) is 0.154. The molecule has 1 aromatic rings. The lowest BCUT2D eigenvalue weighted by atomic mass is 10.1. The monoisotopic (exact) mass is 311 g/mol. The molecule has 0 unspecified atom stereocenters. The molecule has 1 aromatic carbocycles. The zero-order valence-corrected chi connectivity index (χ0v) is 12.5. The number of carbonyl (C=O) groups is 2. The number of nitrogens with one attached hydrogen (secondary N) is 1. The average Bonchev–Trinajstić information content (AvgIpc) is 2.63. The molecule has 3 N–H and O–H groups in total. The Morgan fingerprint density at radius 2 is 2.05 bits per heavy atom. The van der Waals surface area contributed by atoms with Crippen LogP contribution in [0.15, 0.2) is 23.1 Å². The van der Waals surface area contributed by atoms with Gasteiger partial charge in [0.2, 0.25) is 0 Å². The number of rotatable bonds is 1. The first kappa shape index (κ1) is 16.2. The van der Waals surface area contributed by atoms with Crippen LogP contribution in [0.3, 0.4) is 0 Å². The van der Waals surface area contributed by atoms with Crippen LogP contribution in [0.1, 0.15) is 18.1 Å². The SMILES string of the molecule is CC(=O)O.Cc1c(O)cccc1/C=C1/SC(=S)NC1=O. The number of carboxylic acids is 1. The first-order chi connectivity index (χ1) is 9.31. The van der Waals surface area contributed by atoms with E-state index >= 15 is 0 Å². The van der Waals surface area contributed by atoms with E-state index in [1.54, 1.807) is 25.1 Å². The number of amides is 1. The summed E-state index contributed by atoms with van der Waals surface area (Å²) in [6, 6.07) is 5.20. The van der Waals surface area contributed by atoms with Gasteiger partial charge in [0, 0.05) is 6.92 Å². The minimum atomic E-state index is -0.833. The van der Waals surface area contributed by atoms with Crippen LogP contribution < -0.4 is 5.32 Å². The van der Waals surface area contributed by atoms with E-state index in [1.165, 1.54) is 11.8 Å². The molecule has 106 valence electrons. The number of hydrogen-bond donors (Lipinski definition) is 3. The number of thiocarbonyl (C=S) groups is 1. The summed E-state index contributed by atoms with van der Waals surface area (Å²) < 4.78 is 0.467. The van der Waals surface area contributed by atoms with Crippen LogP contribution in [0.4, 0.5) is 0 Å². The van der Waals surface area contributed by atoms with Gasteiger partial charge in [-0.25, -0.2) is 0 Å². The molecule has 1 amide bonds. The van der Waals surface area contributed by atoms with Crippen LogP contribution in [0, 0.1) is 6.92 Å². The summed E-state index contributed by atoms with van der Waals surface area (Å²) in [5.41, 5.74) is 1.57. The molecule has 0 spiro atoms. The van der Waals surface area contributed by atoms with E-state index in [0.29, 0.717) is 9.23 Å². The second-order valence-corrected chi connectivity index (χ2v) is 5.58. The smallest absolute Gasteiger partial charge is 0.300 e. The van der Waals surface area contributed by atoms with Crippen LogP contribution in [0.2, 0.25) is 0 Å². The lowest BCUT2D eigenvalue weighted by Crippen LogP contribution is -2.17. The van der Waals surface area contributed by atoms with E-state index in [0.717, 1.165) is 18.1 Å². The van der Waals surface area contributed by atoms with Gasteiger partial charge in [-0.2, -0.15) is 0 Å². The van der Waals surface area contributed by atoms with Crippen molar-refractivity contribution in [3.8, 4) is 5.75 Å². The van der Waals surface area contributed by atoms with Crippen molar-refractivity contribution in [2.45, 2.75) is 13.8 Å². The van der Waals surface area contributed by atoms with Crippen LogP contribution in [-0.2, 0) is 9.59 Å². The molecule has 1 aliphatic rings. The predicted molar refractivity (Wildman–Crippen MR) is 82.5 cm³/mol. The molecule has 0 atom stereocenters. The van der Waals surface area contributed by atoms with E-state index in [1.807, 2.05) is 6.07 Å². The van der Waals surface area contributed by atoms with Crippen molar-refractivity contribution < 1.29 is 19.8 Å². The van der Waals surface area contributed by atoms with Crippen molar-refractivity contribution in [1.29, 1.82) is 0 Å². The molecule has 1 heterocycles. The molecule has 7 heteroatoms. The summed E-state index contributed by atoms with van der Waals surface area (Å²) in [7, 11) is 0. The number of carbonyl (C=O) groups excluding carboxylic acids is 1. The van der Waals surface area contributed by atoms with Crippen molar-refractivity contribution in [2.75, 3.05) is 0 Å². The molecule has 20 heavy (non-hydrogen) atoms. The standard InChI is InChI=1S/C11H9NO2S2.C2H4O2/c1-6-7(3-2-4-8(6)13)5-9-10(14)12-11(15)16-9;1-2(3)4/h2-5,13H,1H3,(H,12,14,15);1H3,(H,3,4)/b9-5+;. The molecule has 1 fully saturated rings. The number of phenolic OH excluding ortho intramolecular Hbond substituents is 1. The maximum absolute atomic E-state index is 11.4. The molecular formula is C13H13NO4S2. The zero-order chi connectivity index (χ0) is 15.3.